The fraction of sp³-hybridized carbons (Fsp3) is 0.684. The molecule has 2 N–H and O–H groups in total. The Morgan fingerprint density at radius 3 is 3.00 bits per heavy atom. The summed E-state index contributed by atoms with van der Waals surface area (Å²) in [5.74, 6) is 0.551. The number of ether oxygens (including phenoxy) is 3. The predicted molar refractivity (Wildman–Crippen MR) is 118 cm³/mol. The number of morpholine rings is 1. The van der Waals surface area contributed by atoms with Gasteiger partial charge < -0.3 is 24.5 Å². The quantitative estimate of drug-likeness (QED) is 0.207. The molecule has 0 spiro atoms. The standard InChI is InChI=1S/C19H31BrN6O4/c1-4-5-9-29-13-23-17(21)16-18(22-2)26(19(20)24-16)7-6-14-11-25(8-10-30-14)12-15(27)28-3/h14H,2,4-13H2,1,3H3,(H2,21,23). The van der Waals surface area contributed by atoms with Crippen LogP contribution in [0.15, 0.2) is 14.7 Å². The summed E-state index contributed by atoms with van der Waals surface area (Å²) in [5.41, 5.74) is 6.56. The molecule has 1 aliphatic heterocycles. The lowest BCUT2D eigenvalue weighted by molar-refractivity contribution is -0.143. The van der Waals surface area contributed by atoms with Crippen LogP contribution in [0.1, 0.15) is 31.9 Å². The molecule has 10 nitrogen and oxygen atoms in total. The number of halogens is 1. The van der Waals surface area contributed by atoms with Gasteiger partial charge in [-0.3, -0.25) is 9.69 Å². The van der Waals surface area contributed by atoms with Gasteiger partial charge in [-0.15, -0.1) is 0 Å². The molecule has 1 fully saturated rings. The van der Waals surface area contributed by atoms with Crippen LogP contribution in [0, 0.1) is 0 Å². The lowest BCUT2D eigenvalue weighted by Crippen LogP contribution is -2.45. The molecule has 1 aromatic heterocycles. The SMILES string of the molecule is C=Nc1c(/C(N)=N\COCCCC)nc(Br)n1CCC1CN(CC(=O)OC)CCO1. The van der Waals surface area contributed by atoms with Crippen molar-refractivity contribution in [2.45, 2.75) is 38.8 Å². The van der Waals surface area contributed by atoms with Crippen molar-refractivity contribution in [3.05, 3.63) is 10.4 Å². The number of hydrogen-bond acceptors (Lipinski definition) is 8. The maximum atomic E-state index is 11.5. The first-order valence-corrected chi connectivity index (χ1v) is 10.8. The van der Waals surface area contributed by atoms with Crippen LogP contribution >= 0.6 is 15.9 Å². The molecule has 30 heavy (non-hydrogen) atoms. The van der Waals surface area contributed by atoms with E-state index in [9.17, 15) is 4.79 Å². The molecule has 0 aliphatic carbocycles. The molecule has 1 saturated heterocycles. The minimum atomic E-state index is -0.246. The third kappa shape index (κ3) is 7.15. The van der Waals surface area contributed by atoms with Crippen molar-refractivity contribution in [1.29, 1.82) is 0 Å². The Morgan fingerprint density at radius 2 is 2.30 bits per heavy atom. The first-order valence-electron chi connectivity index (χ1n) is 10.0. The van der Waals surface area contributed by atoms with Gasteiger partial charge in [0.2, 0.25) is 0 Å². The van der Waals surface area contributed by atoms with Gasteiger partial charge in [-0.2, -0.15) is 0 Å². The van der Waals surface area contributed by atoms with E-state index < -0.39 is 0 Å². The van der Waals surface area contributed by atoms with Crippen molar-refractivity contribution in [3.8, 4) is 0 Å². The summed E-state index contributed by atoms with van der Waals surface area (Å²) in [6, 6.07) is 0. The van der Waals surface area contributed by atoms with Crippen molar-refractivity contribution in [2.75, 3.05) is 46.7 Å². The topological polar surface area (TPSA) is 117 Å². The van der Waals surface area contributed by atoms with Gasteiger partial charge in [-0.1, -0.05) is 13.3 Å². The summed E-state index contributed by atoms with van der Waals surface area (Å²) in [6.07, 6.45) is 2.74. The number of hydrogen-bond donors (Lipinski definition) is 1. The first-order chi connectivity index (χ1) is 14.5. The van der Waals surface area contributed by atoms with Gasteiger partial charge in [-0.25, -0.2) is 15.0 Å². The number of rotatable bonds is 12. The highest BCUT2D eigenvalue weighted by atomic mass is 79.9. The van der Waals surface area contributed by atoms with E-state index in [1.54, 1.807) is 0 Å². The highest BCUT2D eigenvalue weighted by Crippen LogP contribution is 2.25. The van der Waals surface area contributed by atoms with Gasteiger partial charge in [0.05, 0.1) is 26.4 Å². The molecule has 0 aromatic carbocycles. The minimum absolute atomic E-state index is 0.0169. The van der Waals surface area contributed by atoms with E-state index in [-0.39, 0.29) is 31.2 Å². The maximum absolute atomic E-state index is 11.5. The van der Waals surface area contributed by atoms with Crippen LogP contribution in [0.5, 0.6) is 0 Å². The van der Waals surface area contributed by atoms with E-state index in [2.05, 4.69) is 44.5 Å². The lowest BCUT2D eigenvalue weighted by Gasteiger charge is -2.32. The summed E-state index contributed by atoms with van der Waals surface area (Å²) in [6.45, 7) is 9.37. The predicted octanol–water partition coefficient (Wildman–Crippen LogP) is 1.72. The Kier molecular flexibility index (Phi) is 10.4. The second-order valence-electron chi connectivity index (χ2n) is 6.89. The molecule has 168 valence electrons. The number of unbranched alkanes of at least 4 members (excludes halogenated alkanes) is 1. The minimum Gasteiger partial charge on any atom is -0.468 e. The highest BCUT2D eigenvalue weighted by Gasteiger charge is 2.24. The molecule has 0 radical (unpaired) electrons. The number of nitrogens with zero attached hydrogens (tertiary/aromatic N) is 5. The number of methoxy groups -OCH3 is 1. The molecule has 1 aliphatic rings. The number of aromatic nitrogens is 2. The monoisotopic (exact) mass is 486 g/mol. The molecule has 2 heterocycles. The van der Waals surface area contributed by atoms with E-state index in [1.165, 1.54) is 7.11 Å². The number of amidine groups is 1. The van der Waals surface area contributed by atoms with Gasteiger partial charge in [-0.05, 0) is 35.5 Å². The van der Waals surface area contributed by atoms with Crippen molar-refractivity contribution in [2.24, 2.45) is 15.7 Å². The van der Waals surface area contributed by atoms with Crippen molar-refractivity contribution in [1.82, 2.24) is 14.5 Å². The summed E-state index contributed by atoms with van der Waals surface area (Å²) in [4.78, 5) is 26.3. The van der Waals surface area contributed by atoms with E-state index >= 15 is 0 Å². The molecular formula is C19H31BrN6O4. The zero-order chi connectivity index (χ0) is 21.9. The Bertz CT molecular complexity index is 739. The molecule has 0 amide bonds. The molecule has 1 aromatic rings. The third-order valence-electron chi connectivity index (χ3n) is 4.73. The van der Waals surface area contributed by atoms with Gasteiger partial charge in [0.1, 0.15) is 6.73 Å². The second-order valence-corrected chi connectivity index (χ2v) is 7.60. The average Bonchev–Trinajstić information content (AvgIpc) is 3.07. The van der Waals surface area contributed by atoms with Crippen LogP contribution in [0.25, 0.3) is 0 Å². The fourth-order valence-corrected chi connectivity index (χ4v) is 3.59. The molecular weight excluding hydrogens is 456 g/mol. The first kappa shape index (κ1) is 24.4. The zero-order valence-electron chi connectivity index (χ0n) is 17.7. The highest BCUT2D eigenvalue weighted by molar-refractivity contribution is 9.10. The smallest absolute Gasteiger partial charge is 0.319 e. The number of carbonyl (C=O) groups is 1. The van der Waals surface area contributed by atoms with Crippen molar-refractivity contribution in [3.63, 3.8) is 0 Å². The van der Waals surface area contributed by atoms with E-state index in [0.717, 1.165) is 12.8 Å². The van der Waals surface area contributed by atoms with Crippen LogP contribution in [0.4, 0.5) is 5.82 Å². The number of imidazole rings is 1. The molecule has 0 bridgehead atoms. The Hall–Kier alpha value is -1.82. The second kappa shape index (κ2) is 12.8. The summed E-state index contributed by atoms with van der Waals surface area (Å²) >= 11 is 3.47. The number of carbonyl (C=O) groups excluding carboxylic acids is 1. The van der Waals surface area contributed by atoms with Gasteiger partial charge >= 0.3 is 5.97 Å². The summed E-state index contributed by atoms with van der Waals surface area (Å²) in [7, 11) is 1.39. The van der Waals surface area contributed by atoms with E-state index in [4.69, 9.17) is 19.9 Å². The Labute approximate surface area is 185 Å². The normalized spacial score (nSPS) is 17.8. The molecule has 1 unspecified atom stereocenters. The van der Waals surface area contributed by atoms with Crippen LogP contribution < -0.4 is 5.73 Å². The summed E-state index contributed by atoms with van der Waals surface area (Å²) < 4.78 is 18.5. The van der Waals surface area contributed by atoms with Crippen LogP contribution in [0.3, 0.4) is 0 Å². The Morgan fingerprint density at radius 1 is 1.50 bits per heavy atom. The molecule has 2 rings (SSSR count). The van der Waals surface area contributed by atoms with Gasteiger partial charge in [0.25, 0.3) is 0 Å². The fourth-order valence-electron chi connectivity index (χ4n) is 3.07. The van der Waals surface area contributed by atoms with E-state index in [1.807, 2.05) is 9.47 Å². The van der Waals surface area contributed by atoms with Crippen LogP contribution in [-0.2, 0) is 25.5 Å². The molecule has 11 heteroatoms. The molecule has 1 atom stereocenters. The zero-order valence-corrected chi connectivity index (χ0v) is 19.3. The van der Waals surface area contributed by atoms with Crippen LogP contribution in [-0.4, -0.2) is 85.8 Å². The number of aliphatic imine (C=N–C) groups is 2. The van der Waals surface area contributed by atoms with Gasteiger partial charge in [0.15, 0.2) is 22.1 Å². The molecule has 0 saturated carbocycles. The number of nitrogens with two attached hydrogens (primary N) is 1. The van der Waals surface area contributed by atoms with E-state index in [0.29, 0.717) is 55.5 Å². The average molecular weight is 487 g/mol. The van der Waals surface area contributed by atoms with Crippen LogP contribution in [0.2, 0.25) is 0 Å². The Balaban J connectivity index is 1.98. The largest absolute Gasteiger partial charge is 0.468 e. The lowest BCUT2D eigenvalue weighted by atomic mass is 10.2. The van der Waals surface area contributed by atoms with Crippen molar-refractivity contribution < 1.29 is 19.0 Å². The maximum Gasteiger partial charge on any atom is 0.319 e. The summed E-state index contributed by atoms with van der Waals surface area (Å²) in [5, 5.41) is 0. The van der Waals surface area contributed by atoms with Gasteiger partial charge in [0, 0.05) is 26.2 Å². The van der Waals surface area contributed by atoms with Crippen molar-refractivity contribution >= 4 is 40.3 Å². The third-order valence-corrected chi connectivity index (χ3v) is 5.34. The number of esters is 1.